The molecule has 0 aliphatic heterocycles. The molecule has 104 valence electrons. The first-order chi connectivity index (χ1) is 9.59. The summed E-state index contributed by atoms with van der Waals surface area (Å²) in [5.41, 5.74) is 0.792. The van der Waals surface area contributed by atoms with Crippen molar-refractivity contribution in [2.24, 2.45) is 7.05 Å². The lowest BCUT2D eigenvalue weighted by molar-refractivity contribution is 0.470. The highest BCUT2D eigenvalue weighted by Gasteiger charge is 2.21. The smallest absolute Gasteiger partial charge is 0.164 e. The molecule has 0 amide bonds. The van der Waals surface area contributed by atoms with Gasteiger partial charge < -0.3 is 9.32 Å². The summed E-state index contributed by atoms with van der Waals surface area (Å²) in [5, 5.41) is 5.24. The second-order valence-electron chi connectivity index (χ2n) is 4.61. The van der Waals surface area contributed by atoms with E-state index in [-0.39, 0.29) is 6.04 Å². The third-order valence-corrected chi connectivity index (χ3v) is 3.98. The van der Waals surface area contributed by atoms with Crippen molar-refractivity contribution in [3.05, 3.63) is 35.1 Å². The SMILES string of the molecule is C[C@H](c1ccco1)N(C)c1ncnc2c1c(Br)nn2C. The highest BCUT2D eigenvalue weighted by atomic mass is 79.9. The second kappa shape index (κ2) is 4.90. The molecule has 0 aliphatic rings. The van der Waals surface area contributed by atoms with E-state index in [1.54, 1.807) is 17.3 Å². The molecule has 0 fully saturated rings. The zero-order valence-electron chi connectivity index (χ0n) is 11.4. The maximum absolute atomic E-state index is 5.47. The molecule has 0 saturated carbocycles. The molecule has 0 spiro atoms. The van der Waals surface area contributed by atoms with Gasteiger partial charge in [-0.2, -0.15) is 5.10 Å². The molecule has 0 aromatic carbocycles. The Morgan fingerprint density at radius 1 is 1.40 bits per heavy atom. The van der Waals surface area contributed by atoms with E-state index in [1.807, 2.05) is 26.2 Å². The minimum atomic E-state index is 0.0650. The maximum Gasteiger partial charge on any atom is 0.164 e. The number of rotatable bonds is 3. The van der Waals surface area contributed by atoms with Gasteiger partial charge in [0.15, 0.2) is 5.65 Å². The summed E-state index contributed by atoms with van der Waals surface area (Å²) < 4.78 is 7.94. The van der Waals surface area contributed by atoms with Crippen LogP contribution >= 0.6 is 15.9 Å². The monoisotopic (exact) mass is 335 g/mol. The zero-order valence-corrected chi connectivity index (χ0v) is 13.0. The van der Waals surface area contributed by atoms with E-state index >= 15 is 0 Å². The van der Waals surface area contributed by atoms with Gasteiger partial charge in [0.1, 0.15) is 22.5 Å². The van der Waals surface area contributed by atoms with Crippen LogP contribution in [0.25, 0.3) is 11.0 Å². The van der Waals surface area contributed by atoms with E-state index in [4.69, 9.17) is 4.42 Å². The number of anilines is 1. The van der Waals surface area contributed by atoms with Crippen LogP contribution in [0.3, 0.4) is 0 Å². The molecule has 0 bridgehead atoms. The van der Waals surface area contributed by atoms with Gasteiger partial charge in [0.05, 0.1) is 17.7 Å². The molecule has 0 radical (unpaired) electrons. The van der Waals surface area contributed by atoms with Gasteiger partial charge in [-0.25, -0.2) is 14.6 Å². The third kappa shape index (κ3) is 1.98. The molecule has 0 aliphatic carbocycles. The molecule has 3 aromatic heterocycles. The summed E-state index contributed by atoms with van der Waals surface area (Å²) in [7, 11) is 3.84. The topological polar surface area (TPSA) is 60.0 Å². The Balaban J connectivity index is 2.10. The van der Waals surface area contributed by atoms with Crippen LogP contribution in [0.15, 0.2) is 33.7 Å². The van der Waals surface area contributed by atoms with E-state index in [2.05, 4.69) is 42.8 Å². The first-order valence-corrected chi connectivity index (χ1v) is 6.98. The summed E-state index contributed by atoms with van der Waals surface area (Å²) in [6.45, 7) is 2.07. The van der Waals surface area contributed by atoms with Crippen LogP contribution in [-0.4, -0.2) is 26.8 Å². The number of aromatic nitrogens is 4. The molecule has 6 nitrogen and oxygen atoms in total. The maximum atomic E-state index is 5.47. The summed E-state index contributed by atoms with van der Waals surface area (Å²) in [6, 6.07) is 3.91. The normalized spacial score (nSPS) is 12.8. The zero-order chi connectivity index (χ0) is 14.3. The number of halogens is 1. The van der Waals surface area contributed by atoms with E-state index in [9.17, 15) is 0 Å². The molecule has 0 saturated heterocycles. The number of furan rings is 1. The predicted octanol–water partition coefficient (Wildman–Crippen LogP) is 2.92. The molecule has 20 heavy (non-hydrogen) atoms. The molecule has 3 heterocycles. The molecular formula is C13H14BrN5O. The summed E-state index contributed by atoms with van der Waals surface area (Å²) >= 11 is 3.47. The fourth-order valence-electron chi connectivity index (χ4n) is 2.20. The fourth-order valence-corrected chi connectivity index (χ4v) is 2.79. The van der Waals surface area contributed by atoms with Gasteiger partial charge in [0, 0.05) is 14.1 Å². The standard InChI is InChI=1S/C13H14BrN5O/c1-8(9-5-4-6-20-9)18(2)12-10-11(14)17-19(3)13(10)16-7-15-12/h4-8H,1-3H3/t8-/m1/s1. The van der Waals surface area contributed by atoms with E-state index < -0.39 is 0 Å². The van der Waals surface area contributed by atoms with Crippen molar-refractivity contribution in [1.82, 2.24) is 19.7 Å². The van der Waals surface area contributed by atoms with E-state index in [0.717, 1.165) is 27.2 Å². The van der Waals surface area contributed by atoms with Gasteiger partial charge in [-0.3, -0.25) is 0 Å². The van der Waals surface area contributed by atoms with E-state index in [0.29, 0.717) is 0 Å². The van der Waals surface area contributed by atoms with Crippen molar-refractivity contribution in [3.8, 4) is 0 Å². The van der Waals surface area contributed by atoms with Crippen molar-refractivity contribution in [2.45, 2.75) is 13.0 Å². The number of hydrogen-bond acceptors (Lipinski definition) is 5. The van der Waals surface area contributed by atoms with Crippen molar-refractivity contribution in [3.63, 3.8) is 0 Å². The van der Waals surface area contributed by atoms with Crippen LogP contribution in [0.2, 0.25) is 0 Å². The lowest BCUT2D eigenvalue weighted by Crippen LogP contribution is -2.22. The molecule has 0 unspecified atom stereocenters. The Hall–Kier alpha value is -1.89. The van der Waals surface area contributed by atoms with Crippen LogP contribution in [-0.2, 0) is 7.05 Å². The first kappa shape index (κ1) is 13.1. The van der Waals surface area contributed by atoms with Crippen molar-refractivity contribution in [1.29, 1.82) is 0 Å². The lowest BCUT2D eigenvalue weighted by Gasteiger charge is -2.24. The van der Waals surface area contributed by atoms with Gasteiger partial charge in [-0.05, 0) is 35.0 Å². The summed E-state index contributed by atoms with van der Waals surface area (Å²) in [5.74, 6) is 1.71. The Morgan fingerprint density at radius 3 is 2.90 bits per heavy atom. The Labute approximate surface area is 124 Å². The van der Waals surface area contributed by atoms with Gasteiger partial charge in [0.2, 0.25) is 0 Å². The average Bonchev–Trinajstić information content (AvgIpc) is 3.07. The Bertz CT molecular complexity index is 737. The van der Waals surface area contributed by atoms with Gasteiger partial charge >= 0.3 is 0 Å². The number of fused-ring (bicyclic) bond motifs is 1. The number of nitrogens with zero attached hydrogens (tertiary/aromatic N) is 5. The largest absolute Gasteiger partial charge is 0.467 e. The highest BCUT2D eigenvalue weighted by Crippen LogP contribution is 2.32. The molecule has 1 atom stereocenters. The van der Waals surface area contributed by atoms with Crippen LogP contribution in [0, 0.1) is 0 Å². The van der Waals surface area contributed by atoms with Crippen LogP contribution in [0.5, 0.6) is 0 Å². The minimum absolute atomic E-state index is 0.0650. The van der Waals surface area contributed by atoms with Crippen molar-refractivity contribution in [2.75, 3.05) is 11.9 Å². The van der Waals surface area contributed by atoms with E-state index in [1.165, 1.54) is 0 Å². The Kier molecular flexibility index (Phi) is 3.21. The Morgan fingerprint density at radius 2 is 2.20 bits per heavy atom. The van der Waals surface area contributed by atoms with Crippen molar-refractivity contribution < 1.29 is 4.42 Å². The number of hydrogen-bond donors (Lipinski definition) is 0. The van der Waals surface area contributed by atoms with Crippen LogP contribution < -0.4 is 4.90 Å². The molecule has 3 aromatic rings. The minimum Gasteiger partial charge on any atom is -0.467 e. The number of aryl methyl sites for hydroxylation is 1. The van der Waals surface area contributed by atoms with Gasteiger partial charge in [-0.1, -0.05) is 0 Å². The van der Waals surface area contributed by atoms with Crippen LogP contribution in [0.4, 0.5) is 5.82 Å². The van der Waals surface area contributed by atoms with Gasteiger partial charge in [0.25, 0.3) is 0 Å². The predicted molar refractivity (Wildman–Crippen MR) is 79.5 cm³/mol. The quantitative estimate of drug-likeness (QED) is 0.736. The summed E-state index contributed by atoms with van der Waals surface area (Å²) in [6.07, 6.45) is 3.23. The highest BCUT2D eigenvalue weighted by molar-refractivity contribution is 9.10. The second-order valence-corrected chi connectivity index (χ2v) is 5.36. The fraction of sp³-hybridized carbons (Fsp3) is 0.308. The lowest BCUT2D eigenvalue weighted by atomic mass is 10.2. The van der Waals surface area contributed by atoms with Crippen LogP contribution in [0.1, 0.15) is 18.7 Å². The first-order valence-electron chi connectivity index (χ1n) is 6.19. The average molecular weight is 336 g/mol. The molecule has 3 rings (SSSR count). The van der Waals surface area contributed by atoms with Gasteiger partial charge in [-0.15, -0.1) is 0 Å². The molecular weight excluding hydrogens is 322 g/mol. The third-order valence-electron chi connectivity index (χ3n) is 3.43. The van der Waals surface area contributed by atoms with Crippen molar-refractivity contribution >= 4 is 32.8 Å². The molecule has 7 heteroatoms. The molecule has 0 N–H and O–H groups in total. The summed E-state index contributed by atoms with van der Waals surface area (Å²) in [4.78, 5) is 10.7.